The number of aliphatic hydroxyl groups excluding tert-OH is 1. The molecular weight excluding hydrogens is 570 g/mol. The summed E-state index contributed by atoms with van der Waals surface area (Å²) in [6.07, 6.45) is 12.7. The Labute approximate surface area is 263 Å². The first kappa shape index (κ1) is 30.7. The van der Waals surface area contributed by atoms with E-state index < -0.39 is 0 Å². The smallest absolute Gasteiger partial charge is 0.252 e. The number of aryl methyl sites for hydroxylation is 2. The van der Waals surface area contributed by atoms with Crippen molar-refractivity contribution in [2.45, 2.75) is 45.4 Å². The Kier molecular flexibility index (Phi) is 9.65. The van der Waals surface area contributed by atoms with Crippen LogP contribution in [0.4, 0.5) is 29.0 Å². The fourth-order valence-electron chi connectivity index (χ4n) is 6.21. The highest BCUT2D eigenvalue weighted by atomic mass is 16.3. The van der Waals surface area contributed by atoms with E-state index in [9.17, 15) is 9.90 Å². The Balaban J connectivity index is 1.11. The van der Waals surface area contributed by atoms with Crippen LogP contribution in [0.2, 0.25) is 0 Å². The number of piperazine rings is 1. The maximum Gasteiger partial charge on any atom is 0.252 e. The highest BCUT2D eigenvalue weighted by Crippen LogP contribution is 2.28. The van der Waals surface area contributed by atoms with Crippen LogP contribution < -0.4 is 20.9 Å². The highest BCUT2D eigenvalue weighted by molar-refractivity contribution is 5.96. The molecule has 4 aromatic heterocycles. The van der Waals surface area contributed by atoms with Crippen molar-refractivity contribution in [3.05, 3.63) is 48.0 Å². The monoisotopic (exact) mass is 613 g/mol. The zero-order valence-electron chi connectivity index (χ0n) is 26.2. The number of carbonyl (C=O) groups excluding carboxylic acids is 1. The lowest BCUT2D eigenvalue weighted by molar-refractivity contribution is 0.0950. The molecule has 1 amide bonds. The van der Waals surface area contributed by atoms with Crippen molar-refractivity contribution < 1.29 is 9.90 Å². The van der Waals surface area contributed by atoms with Crippen LogP contribution in [0.15, 0.2) is 36.8 Å². The van der Waals surface area contributed by atoms with E-state index in [2.05, 4.69) is 45.8 Å². The second-order valence-electron chi connectivity index (χ2n) is 12.0. The number of aromatic nitrogens is 6. The molecule has 4 N–H and O–H groups in total. The standard InChI is InChI=1S/C32H43N11O2/c1-22-27(18-24(20-35-22)31(45)34-10-8-23-6-4-3-5-7-23)38-29-26-21-36-32(39-30(26)41(2)40-29)37-25-9-11-33-28(19-25)43-14-12-42(13-15-43)16-17-44/h9,11,18-21,23,44H,3-8,10,12-17H2,1-2H3,(H,34,45)(H,38,40)(H,33,36,37,39). The number of nitrogens with one attached hydrogen (secondary N) is 3. The van der Waals surface area contributed by atoms with Crippen molar-refractivity contribution in [3.63, 3.8) is 0 Å². The number of hydrogen-bond donors (Lipinski definition) is 4. The molecule has 0 unspecified atom stereocenters. The maximum absolute atomic E-state index is 12.9. The lowest BCUT2D eigenvalue weighted by Crippen LogP contribution is -2.47. The Bertz CT molecular complexity index is 1610. The first-order valence-electron chi connectivity index (χ1n) is 16.0. The molecule has 0 atom stereocenters. The van der Waals surface area contributed by atoms with E-state index in [1.807, 2.05) is 32.2 Å². The van der Waals surface area contributed by atoms with Crippen molar-refractivity contribution in [3.8, 4) is 0 Å². The Morgan fingerprint density at radius 2 is 1.84 bits per heavy atom. The molecule has 0 radical (unpaired) electrons. The molecule has 6 rings (SSSR count). The first-order chi connectivity index (χ1) is 22.0. The van der Waals surface area contributed by atoms with E-state index in [4.69, 9.17) is 4.98 Å². The molecule has 2 fully saturated rings. The minimum absolute atomic E-state index is 0.116. The third kappa shape index (κ3) is 7.48. The van der Waals surface area contributed by atoms with E-state index in [0.717, 1.165) is 61.1 Å². The maximum atomic E-state index is 12.9. The summed E-state index contributed by atoms with van der Waals surface area (Å²) in [5.41, 5.74) is 3.48. The van der Waals surface area contributed by atoms with Gasteiger partial charge in [-0.15, -0.1) is 0 Å². The summed E-state index contributed by atoms with van der Waals surface area (Å²) in [5.74, 6) is 2.53. The van der Waals surface area contributed by atoms with Crippen LogP contribution in [0.5, 0.6) is 0 Å². The van der Waals surface area contributed by atoms with Gasteiger partial charge >= 0.3 is 0 Å². The van der Waals surface area contributed by atoms with Crippen LogP contribution in [0, 0.1) is 12.8 Å². The van der Waals surface area contributed by atoms with Crippen molar-refractivity contribution in [1.29, 1.82) is 0 Å². The highest BCUT2D eigenvalue weighted by Gasteiger charge is 2.19. The average Bonchev–Trinajstić information content (AvgIpc) is 3.37. The average molecular weight is 614 g/mol. The van der Waals surface area contributed by atoms with Gasteiger partial charge in [-0.2, -0.15) is 10.1 Å². The number of nitrogens with zero attached hydrogens (tertiary/aromatic N) is 8. The molecule has 4 aromatic rings. The molecule has 1 aliphatic carbocycles. The predicted octanol–water partition coefficient (Wildman–Crippen LogP) is 3.76. The van der Waals surface area contributed by atoms with Crippen LogP contribution in [0.25, 0.3) is 11.0 Å². The second kappa shape index (κ2) is 14.2. The van der Waals surface area contributed by atoms with Crippen LogP contribution in [-0.4, -0.2) is 91.5 Å². The molecule has 1 saturated carbocycles. The summed E-state index contributed by atoms with van der Waals surface area (Å²) in [6, 6.07) is 5.72. The minimum atomic E-state index is -0.116. The molecule has 13 nitrogen and oxygen atoms in total. The molecule has 0 aromatic carbocycles. The van der Waals surface area contributed by atoms with Gasteiger partial charge in [0, 0.05) is 76.7 Å². The molecule has 238 valence electrons. The summed E-state index contributed by atoms with van der Waals surface area (Å²) in [5, 5.41) is 24.4. The number of carbonyl (C=O) groups is 1. The number of amides is 1. The summed E-state index contributed by atoms with van der Waals surface area (Å²) in [6.45, 7) is 6.96. The zero-order valence-corrected chi connectivity index (χ0v) is 26.2. The van der Waals surface area contributed by atoms with Crippen molar-refractivity contribution >= 4 is 45.9 Å². The molecule has 1 aliphatic heterocycles. The number of rotatable bonds is 11. The van der Waals surface area contributed by atoms with Gasteiger partial charge in [0.25, 0.3) is 5.91 Å². The van der Waals surface area contributed by atoms with E-state index in [1.165, 1.54) is 32.1 Å². The number of hydrogen-bond acceptors (Lipinski definition) is 11. The normalized spacial score (nSPS) is 16.2. The third-order valence-electron chi connectivity index (χ3n) is 8.86. The SMILES string of the molecule is Cc1ncc(C(=O)NCCC2CCCCC2)cc1Nc1nn(C)c2nc(Nc3ccnc(N4CCN(CCO)CC4)c3)ncc12. The summed E-state index contributed by atoms with van der Waals surface area (Å²) in [7, 11) is 1.84. The van der Waals surface area contributed by atoms with Crippen LogP contribution in [-0.2, 0) is 7.05 Å². The van der Waals surface area contributed by atoms with E-state index in [-0.39, 0.29) is 12.5 Å². The fraction of sp³-hybridized carbons (Fsp3) is 0.500. The molecule has 0 spiro atoms. The predicted molar refractivity (Wildman–Crippen MR) is 175 cm³/mol. The Morgan fingerprint density at radius 1 is 1.02 bits per heavy atom. The molecule has 5 heterocycles. The lowest BCUT2D eigenvalue weighted by Gasteiger charge is -2.35. The van der Waals surface area contributed by atoms with Gasteiger partial charge in [-0.25, -0.2) is 14.6 Å². The summed E-state index contributed by atoms with van der Waals surface area (Å²) in [4.78, 5) is 35.8. The van der Waals surface area contributed by atoms with Gasteiger partial charge in [-0.3, -0.25) is 14.7 Å². The van der Waals surface area contributed by atoms with Crippen molar-refractivity contribution in [2.24, 2.45) is 13.0 Å². The Hall–Kier alpha value is -4.36. The summed E-state index contributed by atoms with van der Waals surface area (Å²) < 4.78 is 1.71. The number of aliphatic hydroxyl groups is 1. The molecule has 13 heteroatoms. The molecule has 45 heavy (non-hydrogen) atoms. The fourth-order valence-corrected chi connectivity index (χ4v) is 6.21. The van der Waals surface area contributed by atoms with Crippen molar-refractivity contribution in [2.75, 3.05) is 61.4 Å². The van der Waals surface area contributed by atoms with Gasteiger partial charge < -0.3 is 26.0 Å². The van der Waals surface area contributed by atoms with Gasteiger partial charge in [0.05, 0.1) is 28.9 Å². The number of anilines is 5. The third-order valence-corrected chi connectivity index (χ3v) is 8.86. The van der Waals surface area contributed by atoms with Gasteiger partial charge in [0.15, 0.2) is 11.5 Å². The number of β-amino-alcohol motifs (C(OH)–C–C–N with tert-alkyl or cyclic N) is 1. The minimum Gasteiger partial charge on any atom is -0.395 e. The van der Waals surface area contributed by atoms with Gasteiger partial charge in [0.1, 0.15) is 5.82 Å². The second-order valence-corrected chi connectivity index (χ2v) is 12.0. The zero-order chi connectivity index (χ0) is 31.2. The quantitative estimate of drug-likeness (QED) is 0.196. The topological polar surface area (TPSA) is 149 Å². The lowest BCUT2D eigenvalue weighted by atomic mass is 9.87. The van der Waals surface area contributed by atoms with E-state index in [1.54, 1.807) is 23.3 Å². The number of fused-ring (bicyclic) bond motifs is 1. The Morgan fingerprint density at radius 3 is 2.64 bits per heavy atom. The van der Waals surface area contributed by atoms with Crippen molar-refractivity contribution in [1.82, 2.24) is 39.9 Å². The van der Waals surface area contributed by atoms with Crippen LogP contribution >= 0.6 is 0 Å². The van der Waals surface area contributed by atoms with Crippen LogP contribution in [0.1, 0.15) is 54.6 Å². The van der Waals surface area contributed by atoms with E-state index >= 15 is 0 Å². The van der Waals surface area contributed by atoms with Crippen LogP contribution in [0.3, 0.4) is 0 Å². The summed E-state index contributed by atoms with van der Waals surface area (Å²) >= 11 is 0. The first-order valence-corrected chi connectivity index (χ1v) is 16.0. The van der Waals surface area contributed by atoms with Gasteiger partial charge in [0.2, 0.25) is 5.95 Å². The largest absolute Gasteiger partial charge is 0.395 e. The molecule has 0 bridgehead atoms. The molecule has 2 aliphatic rings. The number of pyridine rings is 2. The van der Waals surface area contributed by atoms with Gasteiger partial charge in [-0.1, -0.05) is 32.1 Å². The van der Waals surface area contributed by atoms with E-state index in [0.29, 0.717) is 41.8 Å². The molecular formula is C32H43N11O2. The van der Waals surface area contributed by atoms with Gasteiger partial charge in [-0.05, 0) is 31.4 Å². The molecule has 1 saturated heterocycles.